The van der Waals surface area contributed by atoms with Crippen molar-refractivity contribution in [3.8, 4) is 0 Å². The number of hydrogen-bond donors (Lipinski definition) is 1. The molecule has 172 valence electrons. The smallest absolute Gasteiger partial charge is 0.264 e. The average Bonchev–Trinajstić information content (AvgIpc) is 2.83. The van der Waals surface area contributed by atoms with E-state index in [-0.39, 0.29) is 17.1 Å². The van der Waals surface area contributed by atoms with Gasteiger partial charge in [0.15, 0.2) is 5.78 Å². The van der Waals surface area contributed by atoms with Crippen molar-refractivity contribution in [1.82, 2.24) is 0 Å². The predicted molar refractivity (Wildman–Crippen MR) is 131 cm³/mol. The van der Waals surface area contributed by atoms with Gasteiger partial charge in [0.2, 0.25) is 5.91 Å². The quantitative estimate of drug-likeness (QED) is 0.238. The lowest BCUT2D eigenvalue weighted by atomic mass is 10.1. The normalized spacial score (nSPS) is 11.1. The molecule has 0 aromatic heterocycles. The van der Waals surface area contributed by atoms with Crippen LogP contribution in [0, 0.1) is 0 Å². The summed E-state index contributed by atoms with van der Waals surface area (Å²) in [7, 11) is -3.77. The standard InChI is InChI=1S/C26H28N2O4S/c1-2-3-10-19-28(23-13-8-5-9-14-23)33(31,32)24-17-15-22(16-18-24)27-26(30)20-25(29)21-11-6-4-7-12-21/h4-9,11-18H,2-3,10,19-20H2,1H3,(H,27,30). The third-order valence-corrected chi connectivity index (χ3v) is 6.99. The first-order valence-corrected chi connectivity index (χ1v) is 12.4. The largest absolute Gasteiger partial charge is 0.326 e. The molecule has 7 heteroatoms. The number of hydrogen-bond acceptors (Lipinski definition) is 4. The summed E-state index contributed by atoms with van der Waals surface area (Å²) >= 11 is 0. The first-order chi connectivity index (χ1) is 15.9. The molecule has 1 N–H and O–H groups in total. The number of carbonyl (C=O) groups excluding carboxylic acids is 2. The molecule has 0 bridgehead atoms. The summed E-state index contributed by atoms with van der Waals surface area (Å²) in [4.78, 5) is 24.6. The number of Topliss-reactive ketones (excluding diaryl/α,β-unsaturated/α-hetero) is 1. The van der Waals surface area contributed by atoms with Crippen LogP contribution in [0.1, 0.15) is 43.0 Å². The minimum Gasteiger partial charge on any atom is -0.326 e. The lowest BCUT2D eigenvalue weighted by Crippen LogP contribution is -2.32. The minimum absolute atomic E-state index is 0.140. The van der Waals surface area contributed by atoms with Gasteiger partial charge in [0.25, 0.3) is 10.0 Å². The van der Waals surface area contributed by atoms with Gasteiger partial charge in [-0.15, -0.1) is 0 Å². The zero-order valence-corrected chi connectivity index (χ0v) is 19.4. The van der Waals surface area contributed by atoms with E-state index in [4.69, 9.17) is 0 Å². The maximum atomic E-state index is 13.4. The molecule has 33 heavy (non-hydrogen) atoms. The summed E-state index contributed by atoms with van der Waals surface area (Å²) in [6.45, 7) is 2.46. The summed E-state index contributed by atoms with van der Waals surface area (Å²) in [6.07, 6.45) is 2.40. The molecule has 0 aliphatic carbocycles. The molecule has 0 saturated carbocycles. The fourth-order valence-electron chi connectivity index (χ4n) is 3.40. The number of ketones is 1. The highest BCUT2D eigenvalue weighted by atomic mass is 32.2. The van der Waals surface area contributed by atoms with Gasteiger partial charge in [0.1, 0.15) is 0 Å². The fraction of sp³-hybridized carbons (Fsp3) is 0.231. The Morgan fingerprint density at radius 2 is 1.42 bits per heavy atom. The summed E-state index contributed by atoms with van der Waals surface area (Å²) in [6, 6.07) is 23.7. The number of sulfonamides is 1. The van der Waals surface area contributed by atoms with Gasteiger partial charge < -0.3 is 5.32 Å². The molecule has 0 spiro atoms. The van der Waals surface area contributed by atoms with Crippen LogP contribution in [0.5, 0.6) is 0 Å². The maximum Gasteiger partial charge on any atom is 0.264 e. The van der Waals surface area contributed by atoms with Crippen LogP contribution >= 0.6 is 0 Å². The van der Waals surface area contributed by atoms with Crippen molar-refractivity contribution >= 4 is 33.1 Å². The minimum atomic E-state index is -3.77. The van der Waals surface area contributed by atoms with E-state index in [0.717, 1.165) is 19.3 Å². The highest BCUT2D eigenvalue weighted by molar-refractivity contribution is 7.92. The van der Waals surface area contributed by atoms with Gasteiger partial charge in [-0.2, -0.15) is 0 Å². The Balaban J connectivity index is 1.71. The number of para-hydroxylation sites is 1. The van der Waals surface area contributed by atoms with E-state index in [0.29, 0.717) is 23.5 Å². The number of rotatable bonds is 11. The van der Waals surface area contributed by atoms with Gasteiger partial charge in [-0.3, -0.25) is 13.9 Å². The molecule has 0 aliphatic heterocycles. The second-order valence-electron chi connectivity index (χ2n) is 7.66. The van der Waals surface area contributed by atoms with Crippen molar-refractivity contribution in [2.75, 3.05) is 16.2 Å². The van der Waals surface area contributed by atoms with Crippen LogP contribution in [0.2, 0.25) is 0 Å². The molecule has 1 amide bonds. The van der Waals surface area contributed by atoms with Gasteiger partial charge in [-0.25, -0.2) is 8.42 Å². The average molecular weight is 465 g/mol. The topological polar surface area (TPSA) is 83.6 Å². The summed E-state index contributed by atoms with van der Waals surface area (Å²) in [5.41, 5.74) is 1.51. The molecule has 3 aromatic rings. The van der Waals surface area contributed by atoms with Gasteiger partial charge in [0.05, 0.1) is 17.0 Å². The van der Waals surface area contributed by atoms with Crippen LogP contribution in [-0.2, 0) is 14.8 Å². The highest BCUT2D eigenvalue weighted by Crippen LogP contribution is 2.25. The first-order valence-electron chi connectivity index (χ1n) is 11.0. The van der Waals surface area contributed by atoms with Crippen molar-refractivity contribution in [2.45, 2.75) is 37.5 Å². The molecule has 0 unspecified atom stereocenters. The fourth-order valence-corrected chi connectivity index (χ4v) is 4.91. The molecule has 0 radical (unpaired) electrons. The van der Waals surface area contributed by atoms with Crippen LogP contribution in [0.3, 0.4) is 0 Å². The Labute approximate surface area is 195 Å². The van der Waals surface area contributed by atoms with Crippen molar-refractivity contribution < 1.29 is 18.0 Å². The lowest BCUT2D eigenvalue weighted by Gasteiger charge is -2.24. The van der Waals surface area contributed by atoms with E-state index in [1.165, 1.54) is 28.6 Å². The Bertz CT molecular complexity index is 1160. The number of nitrogens with zero attached hydrogens (tertiary/aromatic N) is 1. The van der Waals surface area contributed by atoms with Gasteiger partial charge >= 0.3 is 0 Å². The van der Waals surface area contributed by atoms with Gasteiger partial charge in [0, 0.05) is 17.8 Å². The third-order valence-electron chi connectivity index (χ3n) is 5.15. The zero-order chi connectivity index (χ0) is 23.7. The number of carbonyl (C=O) groups is 2. The maximum absolute atomic E-state index is 13.4. The third kappa shape index (κ3) is 6.52. The molecular formula is C26H28N2O4S. The van der Waals surface area contributed by atoms with Crippen LogP contribution < -0.4 is 9.62 Å². The van der Waals surface area contributed by atoms with Crippen LogP contribution in [0.15, 0.2) is 89.8 Å². The molecule has 6 nitrogen and oxygen atoms in total. The Morgan fingerprint density at radius 3 is 2.03 bits per heavy atom. The van der Waals surface area contributed by atoms with Crippen molar-refractivity contribution in [3.05, 3.63) is 90.5 Å². The van der Waals surface area contributed by atoms with E-state index in [1.54, 1.807) is 42.5 Å². The summed E-state index contributed by atoms with van der Waals surface area (Å²) < 4.78 is 28.1. The number of unbranched alkanes of at least 4 members (excludes halogenated alkanes) is 2. The predicted octanol–water partition coefficient (Wildman–Crippen LogP) is 5.28. The number of amides is 1. The Hall–Kier alpha value is -3.45. The van der Waals surface area contributed by atoms with Crippen molar-refractivity contribution in [3.63, 3.8) is 0 Å². The van der Waals surface area contributed by atoms with Crippen LogP contribution in [0.4, 0.5) is 11.4 Å². The molecular weight excluding hydrogens is 436 g/mol. The molecule has 0 fully saturated rings. The van der Waals surface area contributed by atoms with E-state index in [1.807, 2.05) is 18.2 Å². The van der Waals surface area contributed by atoms with E-state index in [9.17, 15) is 18.0 Å². The lowest BCUT2D eigenvalue weighted by molar-refractivity contribution is -0.115. The van der Waals surface area contributed by atoms with E-state index >= 15 is 0 Å². The van der Waals surface area contributed by atoms with Gasteiger partial charge in [-0.05, 0) is 42.8 Å². The zero-order valence-electron chi connectivity index (χ0n) is 18.6. The van der Waals surface area contributed by atoms with Crippen molar-refractivity contribution in [1.29, 1.82) is 0 Å². The Kier molecular flexibility index (Phi) is 8.38. The molecule has 0 saturated heterocycles. The second kappa shape index (κ2) is 11.4. The number of anilines is 2. The monoisotopic (exact) mass is 464 g/mol. The molecule has 0 aliphatic rings. The van der Waals surface area contributed by atoms with Crippen molar-refractivity contribution in [2.24, 2.45) is 0 Å². The van der Waals surface area contributed by atoms with Crippen LogP contribution in [0.25, 0.3) is 0 Å². The van der Waals surface area contributed by atoms with E-state index < -0.39 is 15.9 Å². The molecule has 3 aromatic carbocycles. The summed E-state index contributed by atoms with van der Waals surface area (Å²) in [5.74, 6) is -0.734. The van der Waals surface area contributed by atoms with Gasteiger partial charge in [-0.1, -0.05) is 68.3 Å². The highest BCUT2D eigenvalue weighted by Gasteiger charge is 2.24. The molecule has 3 rings (SSSR count). The van der Waals surface area contributed by atoms with Crippen LogP contribution in [-0.4, -0.2) is 26.7 Å². The number of nitrogens with one attached hydrogen (secondary N) is 1. The summed E-state index contributed by atoms with van der Waals surface area (Å²) in [5, 5.41) is 2.66. The second-order valence-corrected chi connectivity index (χ2v) is 9.52. The molecule has 0 heterocycles. The Morgan fingerprint density at radius 1 is 0.818 bits per heavy atom. The first kappa shape index (κ1) is 24.2. The SMILES string of the molecule is CCCCCN(c1ccccc1)S(=O)(=O)c1ccc(NC(=O)CC(=O)c2ccccc2)cc1. The molecule has 0 atom stereocenters. The van der Waals surface area contributed by atoms with E-state index in [2.05, 4.69) is 12.2 Å². The number of benzene rings is 3.